The molecule has 0 aliphatic rings. The average molecular weight is 352 g/mol. The highest BCUT2D eigenvalue weighted by molar-refractivity contribution is 5.81. The number of carbonyl (C=O) groups excluding carboxylic acids is 3. The highest BCUT2D eigenvalue weighted by atomic mass is 16.5. The Hall–Kier alpha value is -2.37. The van der Waals surface area contributed by atoms with E-state index in [1.165, 1.54) is 0 Å². The van der Waals surface area contributed by atoms with E-state index in [9.17, 15) is 14.4 Å². The van der Waals surface area contributed by atoms with Gasteiger partial charge < -0.3 is 14.2 Å². The van der Waals surface area contributed by atoms with Crippen LogP contribution in [0.4, 0.5) is 0 Å². The van der Waals surface area contributed by atoms with Crippen LogP contribution in [0.1, 0.15) is 38.5 Å². The van der Waals surface area contributed by atoms with E-state index in [1.807, 2.05) is 0 Å². The monoisotopic (exact) mass is 352 g/mol. The Labute approximate surface area is 149 Å². The molecule has 6 nitrogen and oxygen atoms in total. The Balaban J connectivity index is 3.91. The van der Waals surface area contributed by atoms with Crippen LogP contribution in [0.2, 0.25) is 0 Å². The van der Waals surface area contributed by atoms with Crippen molar-refractivity contribution in [2.45, 2.75) is 38.5 Å². The number of hydrogen-bond donors (Lipinski definition) is 0. The number of esters is 3. The molecule has 0 radical (unpaired) electrons. The van der Waals surface area contributed by atoms with Crippen LogP contribution in [0.15, 0.2) is 38.0 Å². The van der Waals surface area contributed by atoms with E-state index in [2.05, 4.69) is 19.7 Å². The van der Waals surface area contributed by atoms with E-state index in [0.29, 0.717) is 6.61 Å². The highest BCUT2D eigenvalue weighted by Crippen LogP contribution is 2.13. The van der Waals surface area contributed by atoms with E-state index in [-0.39, 0.29) is 19.1 Å². The molecule has 0 fully saturated rings. The minimum atomic E-state index is -0.492. The SMILES string of the molecule is C=CC(=O)OCCCCCCCC(COC(=O)C=C)COC(=O)C=C. The van der Waals surface area contributed by atoms with Gasteiger partial charge in [-0.25, -0.2) is 14.4 Å². The third kappa shape index (κ3) is 13.7. The Morgan fingerprint density at radius 1 is 0.680 bits per heavy atom. The van der Waals surface area contributed by atoms with Crippen LogP contribution in [0, 0.1) is 5.92 Å². The molecule has 0 N–H and O–H groups in total. The van der Waals surface area contributed by atoms with Crippen molar-refractivity contribution >= 4 is 17.9 Å². The first kappa shape index (κ1) is 22.6. The lowest BCUT2D eigenvalue weighted by molar-refractivity contribution is -0.143. The van der Waals surface area contributed by atoms with Crippen molar-refractivity contribution in [3.8, 4) is 0 Å². The van der Waals surface area contributed by atoms with Crippen LogP contribution in [0.25, 0.3) is 0 Å². The molecule has 6 heteroatoms. The first-order chi connectivity index (χ1) is 12.0. The molecule has 0 amide bonds. The number of unbranched alkanes of at least 4 members (excludes halogenated alkanes) is 4. The second-order valence-corrected chi connectivity index (χ2v) is 5.46. The van der Waals surface area contributed by atoms with Gasteiger partial charge in [-0.05, 0) is 12.8 Å². The number of hydrogen-bond acceptors (Lipinski definition) is 6. The molecule has 0 rings (SSSR count). The summed E-state index contributed by atoms with van der Waals surface area (Å²) in [5.41, 5.74) is 0. The molecule has 0 bridgehead atoms. The normalized spacial score (nSPS) is 9.96. The van der Waals surface area contributed by atoms with Crippen molar-refractivity contribution in [3.05, 3.63) is 38.0 Å². The van der Waals surface area contributed by atoms with Crippen molar-refractivity contribution in [2.24, 2.45) is 5.92 Å². The molecule has 25 heavy (non-hydrogen) atoms. The van der Waals surface area contributed by atoms with Crippen LogP contribution in [-0.4, -0.2) is 37.7 Å². The van der Waals surface area contributed by atoms with E-state index in [0.717, 1.165) is 56.8 Å². The predicted octanol–water partition coefficient (Wildman–Crippen LogP) is 3.13. The number of carbonyl (C=O) groups is 3. The summed E-state index contributed by atoms with van der Waals surface area (Å²) in [4.78, 5) is 33.2. The molecule has 0 aromatic rings. The lowest BCUT2D eigenvalue weighted by Gasteiger charge is -2.16. The fourth-order valence-corrected chi connectivity index (χ4v) is 2.03. The van der Waals surface area contributed by atoms with Crippen molar-refractivity contribution in [3.63, 3.8) is 0 Å². The molecule has 0 unspecified atom stereocenters. The third-order valence-corrected chi connectivity index (χ3v) is 3.42. The lowest BCUT2D eigenvalue weighted by Crippen LogP contribution is -2.20. The first-order valence-corrected chi connectivity index (χ1v) is 8.41. The Kier molecular flexibility index (Phi) is 13.7. The molecule has 0 spiro atoms. The topological polar surface area (TPSA) is 78.9 Å². The van der Waals surface area contributed by atoms with Crippen LogP contribution in [0.3, 0.4) is 0 Å². The van der Waals surface area contributed by atoms with Gasteiger partial charge in [0.05, 0.1) is 19.8 Å². The Morgan fingerprint density at radius 3 is 1.64 bits per heavy atom. The van der Waals surface area contributed by atoms with Gasteiger partial charge in [0.2, 0.25) is 0 Å². The number of rotatable bonds is 15. The molecule has 0 heterocycles. The van der Waals surface area contributed by atoms with Crippen molar-refractivity contribution in [1.29, 1.82) is 0 Å². The van der Waals surface area contributed by atoms with Crippen LogP contribution in [0.5, 0.6) is 0 Å². The van der Waals surface area contributed by atoms with Gasteiger partial charge in [0.1, 0.15) is 0 Å². The lowest BCUT2D eigenvalue weighted by atomic mass is 10.0. The van der Waals surface area contributed by atoms with E-state index < -0.39 is 17.9 Å². The Bertz CT molecular complexity index is 431. The second kappa shape index (κ2) is 15.2. The fourth-order valence-electron chi connectivity index (χ4n) is 2.03. The van der Waals surface area contributed by atoms with E-state index in [4.69, 9.17) is 14.2 Å². The van der Waals surface area contributed by atoms with Gasteiger partial charge in [0.15, 0.2) is 0 Å². The summed E-state index contributed by atoms with van der Waals surface area (Å²) in [7, 11) is 0. The predicted molar refractivity (Wildman–Crippen MR) is 94.7 cm³/mol. The smallest absolute Gasteiger partial charge is 0.330 e. The zero-order chi connectivity index (χ0) is 18.9. The summed E-state index contributed by atoms with van der Waals surface area (Å²) in [5.74, 6) is -1.43. The maximum Gasteiger partial charge on any atom is 0.330 e. The van der Waals surface area contributed by atoms with Gasteiger partial charge in [-0.15, -0.1) is 0 Å². The van der Waals surface area contributed by atoms with Gasteiger partial charge in [-0.3, -0.25) is 0 Å². The molecular weight excluding hydrogens is 324 g/mol. The molecule has 140 valence electrons. The van der Waals surface area contributed by atoms with Gasteiger partial charge in [0.25, 0.3) is 0 Å². The molecule has 0 aliphatic heterocycles. The summed E-state index contributed by atoms with van der Waals surface area (Å²) in [5, 5.41) is 0. The minimum Gasteiger partial charge on any atom is -0.463 e. The third-order valence-electron chi connectivity index (χ3n) is 3.42. The van der Waals surface area contributed by atoms with Gasteiger partial charge in [-0.2, -0.15) is 0 Å². The summed E-state index contributed by atoms with van der Waals surface area (Å²) >= 11 is 0. The summed E-state index contributed by atoms with van der Waals surface area (Å²) in [6.45, 7) is 10.8. The first-order valence-electron chi connectivity index (χ1n) is 8.41. The average Bonchev–Trinajstić information content (AvgIpc) is 2.64. The second-order valence-electron chi connectivity index (χ2n) is 5.46. The van der Waals surface area contributed by atoms with Gasteiger partial charge in [-0.1, -0.05) is 45.4 Å². The van der Waals surface area contributed by atoms with Crippen molar-refractivity contribution in [1.82, 2.24) is 0 Å². The molecule has 0 saturated carbocycles. The summed E-state index contributed by atoms with van der Waals surface area (Å²) in [6.07, 6.45) is 8.85. The van der Waals surface area contributed by atoms with Crippen LogP contribution in [-0.2, 0) is 28.6 Å². The molecular formula is C19H28O6. The highest BCUT2D eigenvalue weighted by Gasteiger charge is 2.13. The standard InChI is InChI=1S/C19H28O6/c1-4-17(20)23-13-11-9-7-8-10-12-16(14-24-18(21)5-2)15-25-19(22)6-3/h4-6,16H,1-3,7-15H2. The summed E-state index contributed by atoms with van der Waals surface area (Å²) < 4.78 is 15.0. The van der Waals surface area contributed by atoms with Gasteiger partial charge in [0, 0.05) is 24.1 Å². The Morgan fingerprint density at radius 2 is 1.12 bits per heavy atom. The van der Waals surface area contributed by atoms with Crippen LogP contribution < -0.4 is 0 Å². The summed E-state index contributed by atoms with van der Waals surface area (Å²) in [6, 6.07) is 0. The van der Waals surface area contributed by atoms with E-state index >= 15 is 0 Å². The molecule has 0 aromatic carbocycles. The zero-order valence-corrected chi connectivity index (χ0v) is 14.7. The largest absolute Gasteiger partial charge is 0.463 e. The molecule has 0 atom stereocenters. The van der Waals surface area contributed by atoms with Gasteiger partial charge >= 0.3 is 17.9 Å². The van der Waals surface area contributed by atoms with Crippen molar-refractivity contribution in [2.75, 3.05) is 19.8 Å². The molecule has 0 aromatic heterocycles. The quantitative estimate of drug-likeness (QED) is 0.195. The maximum atomic E-state index is 11.2. The van der Waals surface area contributed by atoms with E-state index in [1.54, 1.807) is 0 Å². The maximum absolute atomic E-state index is 11.2. The van der Waals surface area contributed by atoms with Crippen molar-refractivity contribution < 1.29 is 28.6 Å². The minimum absolute atomic E-state index is 0.0543. The zero-order valence-electron chi connectivity index (χ0n) is 14.7. The number of ether oxygens (including phenoxy) is 3. The fraction of sp³-hybridized carbons (Fsp3) is 0.526. The molecule has 0 saturated heterocycles. The van der Waals surface area contributed by atoms with Crippen LogP contribution >= 0.6 is 0 Å². The molecule has 0 aliphatic carbocycles.